The maximum Gasteiger partial charge on any atom is 0.185 e. The predicted molar refractivity (Wildman–Crippen MR) is 88.5 cm³/mol. The van der Waals surface area contributed by atoms with Crippen LogP contribution in [0.15, 0.2) is 4.90 Å². The summed E-state index contributed by atoms with van der Waals surface area (Å²) in [6.07, 6.45) is 3.88. The van der Waals surface area contributed by atoms with E-state index in [0.29, 0.717) is 23.4 Å². The molecule has 3 N–H and O–H groups in total. The molecule has 7 heteroatoms. The average molecular weight is 332 g/mol. The minimum atomic E-state index is -3.34. The molecule has 1 aliphatic rings. The van der Waals surface area contributed by atoms with Gasteiger partial charge in [0.2, 0.25) is 0 Å². The van der Waals surface area contributed by atoms with E-state index >= 15 is 0 Å². The lowest BCUT2D eigenvalue weighted by Crippen LogP contribution is -2.30. The summed E-state index contributed by atoms with van der Waals surface area (Å²) in [5.74, 6) is 1.63. The number of nitrogens with one attached hydrogen (secondary N) is 1. The van der Waals surface area contributed by atoms with Crippen molar-refractivity contribution in [3.63, 3.8) is 0 Å². The summed E-state index contributed by atoms with van der Waals surface area (Å²) >= 11 is 1.16. The van der Waals surface area contributed by atoms with Gasteiger partial charge in [-0.05, 0) is 49.1 Å². The molecular formula is C14H25N3O2S2. The van der Waals surface area contributed by atoms with E-state index in [4.69, 9.17) is 5.73 Å². The highest BCUT2D eigenvalue weighted by Crippen LogP contribution is 2.36. The minimum Gasteiger partial charge on any atom is -0.382 e. The molecule has 3 atom stereocenters. The second-order valence-electron chi connectivity index (χ2n) is 6.15. The predicted octanol–water partition coefficient (Wildman–Crippen LogP) is 3.15. The Morgan fingerprint density at radius 3 is 2.67 bits per heavy atom. The summed E-state index contributed by atoms with van der Waals surface area (Å²) in [6.45, 7) is 6.39. The third-order valence-electron chi connectivity index (χ3n) is 4.39. The van der Waals surface area contributed by atoms with Gasteiger partial charge < -0.3 is 11.1 Å². The largest absolute Gasteiger partial charge is 0.382 e. The van der Waals surface area contributed by atoms with Gasteiger partial charge in [-0.3, -0.25) is 0 Å². The van der Waals surface area contributed by atoms with Gasteiger partial charge in [0, 0.05) is 6.04 Å². The summed E-state index contributed by atoms with van der Waals surface area (Å²) in [5.41, 5.74) is 5.79. The first-order chi connectivity index (χ1) is 9.85. The highest BCUT2D eigenvalue weighted by atomic mass is 32.2. The number of hydrogen-bond acceptors (Lipinski definition) is 6. The summed E-state index contributed by atoms with van der Waals surface area (Å²) < 4.78 is 28.7. The van der Waals surface area contributed by atoms with Gasteiger partial charge in [0.25, 0.3) is 0 Å². The minimum absolute atomic E-state index is 0.113. The first-order valence-electron chi connectivity index (χ1n) is 7.59. The Kier molecular flexibility index (Phi) is 5.14. The number of anilines is 2. The zero-order valence-corrected chi connectivity index (χ0v) is 14.6. The molecular weight excluding hydrogens is 306 g/mol. The van der Waals surface area contributed by atoms with E-state index in [-0.39, 0.29) is 16.5 Å². The number of aromatic nitrogens is 1. The van der Waals surface area contributed by atoms with E-state index < -0.39 is 9.84 Å². The topological polar surface area (TPSA) is 85.1 Å². The maximum atomic E-state index is 12.3. The van der Waals surface area contributed by atoms with Gasteiger partial charge in [0.15, 0.2) is 15.7 Å². The summed E-state index contributed by atoms with van der Waals surface area (Å²) in [4.78, 5) is 0.209. The number of sulfone groups is 1. The molecule has 2 rings (SSSR count). The first kappa shape index (κ1) is 16.5. The molecule has 0 aromatic carbocycles. The van der Waals surface area contributed by atoms with Crippen molar-refractivity contribution in [2.75, 3.05) is 16.8 Å². The van der Waals surface area contributed by atoms with Crippen LogP contribution in [0.25, 0.3) is 0 Å². The second kappa shape index (κ2) is 6.52. The van der Waals surface area contributed by atoms with Crippen LogP contribution in [0.5, 0.6) is 0 Å². The van der Waals surface area contributed by atoms with Crippen molar-refractivity contribution in [2.45, 2.75) is 57.4 Å². The van der Waals surface area contributed by atoms with Crippen molar-refractivity contribution in [1.82, 2.24) is 4.37 Å². The van der Waals surface area contributed by atoms with Crippen LogP contribution in [-0.2, 0) is 9.84 Å². The van der Waals surface area contributed by atoms with E-state index in [1.165, 1.54) is 6.42 Å². The maximum absolute atomic E-state index is 12.3. The van der Waals surface area contributed by atoms with E-state index in [1.807, 2.05) is 6.92 Å². The van der Waals surface area contributed by atoms with Crippen molar-refractivity contribution in [1.29, 1.82) is 0 Å². The number of hydrogen-bond donors (Lipinski definition) is 2. The fraction of sp³-hybridized carbons (Fsp3) is 0.786. The highest BCUT2D eigenvalue weighted by molar-refractivity contribution is 7.91. The lowest BCUT2D eigenvalue weighted by Gasteiger charge is -2.32. The van der Waals surface area contributed by atoms with E-state index in [2.05, 4.69) is 23.5 Å². The zero-order chi connectivity index (χ0) is 15.6. The number of nitrogens with zero attached hydrogens (tertiary/aromatic N) is 1. The van der Waals surface area contributed by atoms with E-state index in [1.54, 1.807) is 0 Å². The molecule has 0 spiro atoms. The molecule has 21 heavy (non-hydrogen) atoms. The molecule has 1 fully saturated rings. The molecule has 0 radical (unpaired) electrons. The van der Waals surface area contributed by atoms with Crippen LogP contribution in [0.1, 0.15) is 46.5 Å². The number of nitrogen functional groups attached to an aromatic ring is 1. The summed E-state index contributed by atoms with van der Waals surface area (Å²) in [6, 6.07) is 0.312. The third-order valence-corrected chi connectivity index (χ3v) is 7.29. The molecule has 1 saturated carbocycles. The summed E-state index contributed by atoms with van der Waals surface area (Å²) in [7, 11) is -3.34. The monoisotopic (exact) mass is 331 g/mol. The van der Waals surface area contributed by atoms with E-state index in [0.717, 1.165) is 30.3 Å². The standard InChI is InChI=1S/C14H25N3O2S2/c1-4-7-21(18,19)12-13(15)17-20-14(12)16-11-6-5-9(2)10(3)8-11/h9-11,16H,4-8H2,1-3H3,(H2,15,17). The normalized spacial score (nSPS) is 26.7. The fourth-order valence-corrected chi connectivity index (χ4v) is 5.61. The fourth-order valence-electron chi connectivity index (χ4n) is 2.92. The SMILES string of the molecule is CCCS(=O)(=O)c1c(N)nsc1NC1CCC(C)C(C)C1. The van der Waals surface area contributed by atoms with Crippen LogP contribution in [0.2, 0.25) is 0 Å². The average Bonchev–Trinajstić information content (AvgIpc) is 2.76. The molecule has 0 aliphatic heterocycles. The highest BCUT2D eigenvalue weighted by Gasteiger charge is 2.29. The van der Waals surface area contributed by atoms with Crippen molar-refractivity contribution in [3.8, 4) is 0 Å². The van der Waals surface area contributed by atoms with Crippen molar-refractivity contribution >= 4 is 32.2 Å². The molecule has 1 aromatic heterocycles. The first-order valence-corrected chi connectivity index (χ1v) is 10.0. The van der Waals surface area contributed by atoms with Crippen molar-refractivity contribution < 1.29 is 8.42 Å². The quantitative estimate of drug-likeness (QED) is 0.865. The van der Waals surface area contributed by atoms with Crippen LogP contribution >= 0.6 is 11.5 Å². The smallest absolute Gasteiger partial charge is 0.185 e. The van der Waals surface area contributed by atoms with Gasteiger partial charge in [-0.25, -0.2) is 8.42 Å². The van der Waals surface area contributed by atoms with Crippen LogP contribution in [0.3, 0.4) is 0 Å². The van der Waals surface area contributed by atoms with Crippen molar-refractivity contribution in [2.24, 2.45) is 11.8 Å². The molecule has 1 aliphatic carbocycles. The molecule has 120 valence electrons. The Morgan fingerprint density at radius 1 is 1.33 bits per heavy atom. The van der Waals surface area contributed by atoms with Gasteiger partial charge in [-0.2, -0.15) is 4.37 Å². The van der Waals surface area contributed by atoms with Crippen LogP contribution in [0, 0.1) is 11.8 Å². The summed E-state index contributed by atoms with van der Waals surface area (Å²) in [5, 5.41) is 4.00. The van der Waals surface area contributed by atoms with Crippen LogP contribution in [0.4, 0.5) is 10.8 Å². The van der Waals surface area contributed by atoms with Crippen LogP contribution < -0.4 is 11.1 Å². The van der Waals surface area contributed by atoms with Gasteiger partial charge in [-0.1, -0.05) is 20.8 Å². The molecule has 3 unspecified atom stereocenters. The molecule has 0 saturated heterocycles. The van der Waals surface area contributed by atoms with Gasteiger partial charge >= 0.3 is 0 Å². The Balaban J connectivity index is 2.19. The molecule has 0 amide bonds. The number of rotatable bonds is 5. The third kappa shape index (κ3) is 3.69. The Labute approximate surface area is 131 Å². The van der Waals surface area contributed by atoms with Crippen molar-refractivity contribution in [3.05, 3.63) is 0 Å². The number of nitrogens with two attached hydrogens (primary N) is 1. The second-order valence-corrected chi connectivity index (χ2v) is 8.97. The zero-order valence-electron chi connectivity index (χ0n) is 12.9. The van der Waals surface area contributed by atoms with Gasteiger partial charge in [0.05, 0.1) is 5.75 Å². The van der Waals surface area contributed by atoms with Gasteiger partial charge in [0.1, 0.15) is 9.90 Å². The molecule has 1 heterocycles. The molecule has 0 bridgehead atoms. The lowest BCUT2D eigenvalue weighted by molar-refractivity contribution is 0.261. The Morgan fingerprint density at radius 2 is 2.05 bits per heavy atom. The Bertz CT molecular complexity index is 583. The molecule has 1 aromatic rings. The lowest BCUT2D eigenvalue weighted by atomic mass is 9.79. The van der Waals surface area contributed by atoms with Gasteiger partial charge in [-0.15, -0.1) is 0 Å². The molecule has 5 nitrogen and oxygen atoms in total. The van der Waals surface area contributed by atoms with Crippen LogP contribution in [-0.4, -0.2) is 24.6 Å². The van der Waals surface area contributed by atoms with E-state index in [9.17, 15) is 8.42 Å². The Hall–Kier alpha value is -0.820.